The highest BCUT2D eigenvalue weighted by atomic mass is 19.1. The van der Waals surface area contributed by atoms with Crippen molar-refractivity contribution in [1.82, 2.24) is 0 Å². The van der Waals surface area contributed by atoms with Gasteiger partial charge >= 0.3 is 0 Å². The second-order valence-corrected chi connectivity index (χ2v) is 4.43. The van der Waals surface area contributed by atoms with Gasteiger partial charge in [0.05, 0.1) is 11.4 Å². The Hall–Kier alpha value is -2.03. The number of nitrogens with zero attached hydrogens (tertiary/aromatic N) is 1. The van der Waals surface area contributed by atoms with Crippen LogP contribution in [0.2, 0.25) is 0 Å². The maximum Gasteiger partial charge on any atom is 0.123 e. The quantitative estimate of drug-likeness (QED) is 0.818. The molecule has 1 heterocycles. The van der Waals surface area contributed by atoms with E-state index >= 15 is 0 Å². The molecule has 0 unspecified atom stereocenters. The largest absolute Gasteiger partial charge is 0.383 e. The van der Waals surface area contributed by atoms with Gasteiger partial charge in [-0.3, -0.25) is 0 Å². The van der Waals surface area contributed by atoms with E-state index in [-0.39, 0.29) is 5.82 Å². The predicted molar refractivity (Wildman–Crippen MR) is 73.0 cm³/mol. The lowest BCUT2D eigenvalue weighted by Gasteiger charge is -2.24. The molecule has 92 valence electrons. The van der Waals surface area contributed by atoms with Crippen molar-refractivity contribution >= 4 is 17.1 Å². The maximum absolute atomic E-state index is 13.0. The van der Waals surface area contributed by atoms with E-state index in [0.29, 0.717) is 0 Å². The summed E-state index contributed by atoms with van der Waals surface area (Å²) in [7, 11) is 0. The summed E-state index contributed by atoms with van der Waals surface area (Å²) in [6.45, 7) is 1.91. The molecule has 0 saturated heterocycles. The molecule has 0 bridgehead atoms. The number of benzene rings is 2. The summed E-state index contributed by atoms with van der Waals surface area (Å²) in [6.07, 6.45) is 1.06. The van der Waals surface area contributed by atoms with Crippen LogP contribution in [0.5, 0.6) is 0 Å². The number of halogens is 1. The van der Waals surface area contributed by atoms with Crippen LogP contribution < -0.4 is 10.2 Å². The molecule has 0 aliphatic carbocycles. The van der Waals surface area contributed by atoms with Gasteiger partial charge in [-0.1, -0.05) is 12.1 Å². The molecule has 0 atom stereocenters. The molecule has 1 N–H and O–H groups in total. The normalized spacial score (nSPS) is 14.6. The van der Waals surface area contributed by atoms with E-state index < -0.39 is 0 Å². The van der Waals surface area contributed by atoms with Gasteiger partial charge in [-0.15, -0.1) is 0 Å². The zero-order chi connectivity index (χ0) is 12.4. The highest BCUT2D eigenvalue weighted by Gasteiger charge is 2.15. The monoisotopic (exact) mass is 242 g/mol. The van der Waals surface area contributed by atoms with Gasteiger partial charge in [0, 0.05) is 18.8 Å². The number of para-hydroxylation sites is 2. The average molecular weight is 242 g/mol. The molecule has 2 nitrogen and oxygen atoms in total. The van der Waals surface area contributed by atoms with Gasteiger partial charge in [-0.05, 0) is 42.8 Å². The standard InChI is InChI=1S/C15H15FN2/c16-12-6-8-13(9-7-12)18-11-3-10-17-14-4-1-2-5-15(14)18/h1-2,4-9,17H,3,10-11H2. The topological polar surface area (TPSA) is 15.3 Å². The Morgan fingerprint density at radius 2 is 1.78 bits per heavy atom. The second-order valence-electron chi connectivity index (χ2n) is 4.43. The zero-order valence-electron chi connectivity index (χ0n) is 10.1. The van der Waals surface area contributed by atoms with Crippen LogP contribution in [0.15, 0.2) is 48.5 Å². The van der Waals surface area contributed by atoms with E-state index in [0.717, 1.165) is 36.6 Å². The van der Waals surface area contributed by atoms with Crippen molar-refractivity contribution < 1.29 is 4.39 Å². The lowest BCUT2D eigenvalue weighted by Crippen LogP contribution is -2.17. The van der Waals surface area contributed by atoms with E-state index in [1.165, 1.54) is 12.1 Å². The SMILES string of the molecule is Fc1ccc(N2CCCNc3ccccc32)cc1. The van der Waals surface area contributed by atoms with Crippen LogP contribution in [0.25, 0.3) is 0 Å². The number of hydrogen-bond acceptors (Lipinski definition) is 2. The van der Waals surface area contributed by atoms with Crippen molar-refractivity contribution in [3.05, 3.63) is 54.3 Å². The molecule has 2 aromatic rings. The average Bonchev–Trinajstić information content (AvgIpc) is 2.62. The minimum Gasteiger partial charge on any atom is -0.383 e. The van der Waals surface area contributed by atoms with Crippen LogP contribution in [0, 0.1) is 5.82 Å². The van der Waals surface area contributed by atoms with Gasteiger partial charge in [-0.2, -0.15) is 0 Å². The summed E-state index contributed by atoms with van der Waals surface area (Å²) in [5.41, 5.74) is 3.33. The van der Waals surface area contributed by atoms with Gasteiger partial charge in [-0.25, -0.2) is 4.39 Å². The Bertz CT molecular complexity index is 536. The van der Waals surface area contributed by atoms with Gasteiger partial charge in [0.1, 0.15) is 5.82 Å². The van der Waals surface area contributed by atoms with Gasteiger partial charge in [0.15, 0.2) is 0 Å². The van der Waals surface area contributed by atoms with Crippen LogP contribution in [-0.4, -0.2) is 13.1 Å². The summed E-state index contributed by atoms with van der Waals surface area (Å²) < 4.78 is 13.0. The minimum absolute atomic E-state index is 0.194. The molecule has 0 aromatic heterocycles. The molecule has 18 heavy (non-hydrogen) atoms. The third kappa shape index (κ3) is 2.04. The fraction of sp³-hybridized carbons (Fsp3) is 0.200. The van der Waals surface area contributed by atoms with E-state index in [2.05, 4.69) is 22.3 Å². The first-order valence-corrected chi connectivity index (χ1v) is 6.20. The van der Waals surface area contributed by atoms with Crippen molar-refractivity contribution in [2.24, 2.45) is 0 Å². The van der Waals surface area contributed by atoms with E-state index in [1.807, 2.05) is 24.3 Å². The number of hydrogen-bond donors (Lipinski definition) is 1. The molecule has 2 aromatic carbocycles. The third-order valence-electron chi connectivity index (χ3n) is 3.21. The molecular weight excluding hydrogens is 227 g/mol. The second kappa shape index (κ2) is 4.69. The third-order valence-corrected chi connectivity index (χ3v) is 3.21. The molecular formula is C15H15FN2. The Kier molecular flexibility index (Phi) is 2.89. The fourth-order valence-corrected chi connectivity index (χ4v) is 2.33. The van der Waals surface area contributed by atoms with Crippen molar-refractivity contribution in [3.63, 3.8) is 0 Å². The maximum atomic E-state index is 13.0. The van der Waals surface area contributed by atoms with Crippen LogP contribution >= 0.6 is 0 Å². The molecule has 0 fully saturated rings. The minimum atomic E-state index is -0.194. The van der Waals surface area contributed by atoms with E-state index in [9.17, 15) is 4.39 Å². The van der Waals surface area contributed by atoms with Gasteiger partial charge < -0.3 is 10.2 Å². The first-order chi connectivity index (χ1) is 8.84. The number of fused-ring (bicyclic) bond motifs is 1. The first-order valence-electron chi connectivity index (χ1n) is 6.20. The van der Waals surface area contributed by atoms with Gasteiger partial charge in [0.25, 0.3) is 0 Å². The number of anilines is 3. The lowest BCUT2D eigenvalue weighted by atomic mass is 10.2. The molecule has 1 aliphatic rings. The molecule has 0 amide bonds. The fourth-order valence-electron chi connectivity index (χ4n) is 2.33. The van der Waals surface area contributed by atoms with Crippen molar-refractivity contribution in [3.8, 4) is 0 Å². The number of nitrogens with one attached hydrogen (secondary N) is 1. The smallest absolute Gasteiger partial charge is 0.123 e. The number of rotatable bonds is 1. The summed E-state index contributed by atoms with van der Waals surface area (Å²) >= 11 is 0. The summed E-state index contributed by atoms with van der Waals surface area (Å²) in [4.78, 5) is 2.23. The van der Waals surface area contributed by atoms with E-state index in [4.69, 9.17) is 0 Å². The first kappa shape index (κ1) is 11.1. The molecule has 0 saturated carbocycles. The van der Waals surface area contributed by atoms with Gasteiger partial charge in [0.2, 0.25) is 0 Å². The zero-order valence-corrected chi connectivity index (χ0v) is 10.1. The molecule has 3 heteroatoms. The summed E-state index contributed by atoms with van der Waals surface area (Å²) in [5.74, 6) is -0.194. The molecule has 1 aliphatic heterocycles. The van der Waals surface area contributed by atoms with Crippen molar-refractivity contribution in [2.75, 3.05) is 23.3 Å². The van der Waals surface area contributed by atoms with Crippen molar-refractivity contribution in [1.29, 1.82) is 0 Å². The molecule has 0 radical (unpaired) electrons. The highest BCUT2D eigenvalue weighted by Crippen LogP contribution is 2.33. The summed E-state index contributed by atoms with van der Waals surface area (Å²) in [6, 6.07) is 14.9. The lowest BCUT2D eigenvalue weighted by molar-refractivity contribution is 0.627. The Morgan fingerprint density at radius 1 is 1.00 bits per heavy atom. The van der Waals surface area contributed by atoms with E-state index in [1.54, 1.807) is 0 Å². The Balaban J connectivity index is 2.03. The molecule has 3 rings (SSSR count). The van der Waals surface area contributed by atoms with Crippen molar-refractivity contribution in [2.45, 2.75) is 6.42 Å². The summed E-state index contributed by atoms with van der Waals surface area (Å²) in [5, 5.41) is 3.42. The van der Waals surface area contributed by atoms with Crippen LogP contribution in [-0.2, 0) is 0 Å². The van der Waals surface area contributed by atoms with Crippen LogP contribution in [0.1, 0.15) is 6.42 Å². The van der Waals surface area contributed by atoms with Crippen LogP contribution in [0.3, 0.4) is 0 Å². The Morgan fingerprint density at radius 3 is 2.61 bits per heavy atom. The Labute approximate surface area is 106 Å². The molecule has 0 spiro atoms. The highest BCUT2D eigenvalue weighted by molar-refractivity contribution is 5.77. The van der Waals surface area contributed by atoms with Crippen LogP contribution in [0.4, 0.5) is 21.5 Å². The predicted octanol–water partition coefficient (Wildman–Crippen LogP) is 3.78.